The number of fused-ring (bicyclic) bond motifs is 2. The van der Waals surface area contributed by atoms with Crippen LogP contribution in [0, 0.1) is 0 Å². The third kappa shape index (κ3) is 4.39. The number of carboxylic acids is 1. The molecule has 2 aromatic heterocycles. The Hall–Kier alpha value is -4.66. The maximum Gasteiger partial charge on any atom is 0.327 e. The van der Waals surface area contributed by atoms with Gasteiger partial charge >= 0.3 is 5.97 Å². The first-order valence-corrected chi connectivity index (χ1v) is 12.5. The van der Waals surface area contributed by atoms with Gasteiger partial charge in [0.05, 0.1) is 0 Å². The summed E-state index contributed by atoms with van der Waals surface area (Å²) in [6, 6.07) is 4.39. The maximum absolute atomic E-state index is 13.4. The summed E-state index contributed by atoms with van der Waals surface area (Å²) < 4.78 is -0.0661. The molecule has 2 aliphatic heterocycles. The van der Waals surface area contributed by atoms with E-state index in [-0.39, 0.29) is 17.0 Å². The summed E-state index contributed by atoms with van der Waals surface area (Å²) in [6.07, 6.45) is 1.01. The molecule has 4 atom stereocenters. The van der Waals surface area contributed by atoms with E-state index in [9.17, 15) is 39.3 Å². The van der Waals surface area contributed by atoms with E-state index in [4.69, 9.17) is 0 Å². The van der Waals surface area contributed by atoms with Gasteiger partial charge in [-0.1, -0.05) is 12.1 Å². The van der Waals surface area contributed by atoms with Gasteiger partial charge in [-0.05, 0) is 37.6 Å². The Balaban J connectivity index is 1.42. The minimum Gasteiger partial charge on any atom is -0.508 e. The molecule has 0 saturated carbocycles. The Kier molecular flexibility index (Phi) is 6.17. The lowest BCUT2D eigenvalue weighted by molar-refractivity contribution is -0.161. The molecule has 0 bridgehead atoms. The Labute approximate surface area is 223 Å². The highest BCUT2D eigenvalue weighted by atomic mass is 32.2. The highest BCUT2D eigenvalue weighted by molar-refractivity contribution is 8.01. The van der Waals surface area contributed by atoms with E-state index in [1.54, 1.807) is 13.8 Å². The molecule has 202 valence electrons. The third-order valence-electron chi connectivity index (χ3n) is 6.53. The fourth-order valence-electron chi connectivity index (χ4n) is 4.67. The van der Waals surface area contributed by atoms with Gasteiger partial charge in [-0.3, -0.25) is 19.2 Å². The van der Waals surface area contributed by atoms with Crippen LogP contribution in [0.15, 0.2) is 47.4 Å². The lowest BCUT2D eigenvalue weighted by Crippen LogP contribution is -2.71. The van der Waals surface area contributed by atoms with E-state index in [2.05, 4.69) is 20.7 Å². The summed E-state index contributed by atoms with van der Waals surface area (Å²) in [5.41, 5.74) is -1.06. The normalized spacial score (nSPS) is 22.1. The minimum absolute atomic E-state index is 0.0758. The zero-order valence-electron chi connectivity index (χ0n) is 20.4. The second kappa shape index (κ2) is 9.27. The smallest absolute Gasteiger partial charge is 0.327 e. The highest BCUT2D eigenvalue weighted by Gasteiger charge is 2.64. The van der Waals surface area contributed by atoms with Gasteiger partial charge in [0.2, 0.25) is 17.7 Å². The number of carboxylic acid groups (broad SMARTS) is 1. The average Bonchev–Trinajstić information content (AvgIpc) is 3.14. The van der Waals surface area contributed by atoms with Crippen LogP contribution in [0.1, 0.15) is 35.8 Å². The number of rotatable bonds is 6. The number of aliphatic carboxylic acids is 1. The van der Waals surface area contributed by atoms with Gasteiger partial charge < -0.3 is 30.9 Å². The Morgan fingerprint density at radius 3 is 2.44 bits per heavy atom. The Bertz CT molecular complexity index is 1590. The average molecular weight is 555 g/mol. The van der Waals surface area contributed by atoms with Crippen molar-refractivity contribution in [1.29, 1.82) is 0 Å². The fourth-order valence-corrected chi connectivity index (χ4v) is 6.29. The fraction of sp³-hybridized carbons (Fsp3) is 0.292. The van der Waals surface area contributed by atoms with Gasteiger partial charge in [0.1, 0.15) is 34.8 Å². The summed E-state index contributed by atoms with van der Waals surface area (Å²) >= 11 is 1.24. The molecule has 0 radical (unpaired) electrons. The molecule has 3 amide bonds. The molecule has 5 rings (SSSR count). The van der Waals surface area contributed by atoms with Gasteiger partial charge in [-0.2, -0.15) is 4.52 Å². The Morgan fingerprint density at radius 1 is 1.08 bits per heavy atom. The van der Waals surface area contributed by atoms with Crippen molar-refractivity contribution >= 4 is 41.1 Å². The van der Waals surface area contributed by atoms with Crippen LogP contribution in [-0.2, 0) is 14.4 Å². The van der Waals surface area contributed by atoms with E-state index >= 15 is 0 Å². The van der Waals surface area contributed by atoms with Crippen LogP contribution >= 0.6 is 11.8 Å². The number of β-lactam (4-membered cyclic amide) rings is 1. The number of amides is 3. The van der Waals surface area contributed by atoms with Crippen LogP contribution in [0.2, 0.25) is 0 Å². The number of carbonyl (C=O) groups is 4. The molecule has 1 aromatic carbocycles. The monoisotopic (exact) mass is 554 g/mol. The molecule has 5 N–H and O–H groups in total. The van der Waals surface area contributed by atoms with E-state index in [1.165, 1.54) is 53.1 Å². The Morgan fingerprint density at radius 2 is 1.77 bits per heavy atom. The molecular weight excluding hydrogens is 532 g/mol. The number of aromatic hydroxyl groups is 2. The lowest BCUT2D eigenvalue weighted by atomic mass is 9.95. The van der Waals surface area contributed by atoms with Crippen molar-refractivity contribution in [2.45, 2.75) is 42.1 Å². The zero-order chi connectivity index (χ0) is 28.2. The molecule has 0 aliphatic carbocycles. The molecule has 2 aliphatic rings. The van der Waals surface area contributed by atoms with Crippen LogP contribution in [-0.4, -0.2) is 80.7 Å². The summed E-state index contributed by atoms with van der Waals surface area (Å²) in [5.74, 6) is -4.07. The molecule has 2 saturated heterocycles. The summed E-state index contributed by atoms with van der Waals surface area (Å²) in [6.45, 7) is 3.40. The lowest BCUT2D eigenvalue weighted by Gasteiger charge is -2.44. The van der Waals surface area contributed by atoms with Crippen molar-refractivity contribution in [3.8, 4) is 11.6 Å². The predicted octanol–water partition coefficient (Wildman–Crippen LogP) is -0.397. The molecule has 15 heteroatoms. The topological polar surface area (TPSA) is 204 Å². The van der Waals surface area contributed by atoms with Crippen molar-refractivity contribution in [3.05, 3.63) is 64.1 Å². The third-order valence-corrected chi connectivity index (χ3v) is 8.10. The number of aromatic nitrogens is 3. The molecule has 0 spiro atoms. The number of benzene rings is 1. The van der Waals surface area contributed by atoms with Crippen molar-refractivity contribution in [1.82, 2.24) is 30.1 Å². The minimum atomic E-state index is -1.41. The van der Waals surface area contributed by atoms with Crippen molar-refractivity contribution < 1.29 is 34.5 Å². The predicted molar refractivity (Wildman–Crippen MR) is 135 cm³/mol. The number of nitrogens with one attached hydrogen (secondary N) is 2. The van der Waals surface area contributed by atoms with E-state index in [0.717, 1.165) is 10.7 Å². The molecule has 3 aromatic rings. The van der Waals surface area contributed by atoms with Gasteiger partial charge in [0.15, 0.2) is 5.65 Å². The van der Waals surface area contributed by atoms with Crippen molar-refractivity contribution in [2.75, 3.05) is 0 Å². The van der Waals surface area contributed by atoms with Crippen LogP contribution < -0.4 is 16.2 Å². The van der Waals surface area contributed by atoms with Gasteiger partial charge in [-0.25, -0.2) is 9.78 Å². The zero-order valence-corrected chi connectivity index (χ0v) is 21.2. The molecule has 1 unspecified atom stereocenters. The van der Waals surface area contributed by atoms with Gasteiger partial charge in [0.25, 0.3) is 11.5 Å². The van der Waals surface area contributed by atoms with E-state index < -0.39 is 68.9 Å². The van der Waals surface area contributed by atoms with Crippen LogP contribution in [0.4, 0.5) is 0 Å². The number of hydrogen-bond acceptors (Lipinski definition) is 10. The SMILES string of the molecule is CC1(C)S[C@@H]2[C@H](NC(=O)C(NC(=O)c3cnc4ccc(O)nn4c3=O)c3ccc(O)cc3)C(=O)N2[C@H]1C(=O)O. The van der Waals surface area contributed by atoms with E-state index in [1.807, 2.05) is 0 Å². The largest absolute Gasteiger partial charge is 0.508 e. The second-order valence-corrected chi connectivity index (χ2v) is 11.3. The highest BCUT2D eigenvalue weighted by Crippen LogP contribution is 2.50. The van der Waals surface area contributed by atoms with Crippen molar-refractivity contribution in [3.63, 3.8) is 0 Å². The van der Waals surface area contributed by atoms with Crippen molar-refractivity contribution in [2.24, 2.45) is 0 Å². The van der Waals surface area contributed by atoms with Gasteiger partial charge in [0, 0.05) is 17.0 Å². The first-order chi connectivity index (χ1) is 18.4. The number of carbonyl (C=O) groups excluding carboxylic acids is 3. The number of phenols is 1. The molecule has 39 heavy (non-hydrogen) atoms. The van der Waals surface area contributed by atoms with Crippen LogP contribution in [0.5, 0.6) is 11.6 Å². The van der Waals surface area contributed by atoms with Crippen LogP contribution in [0.25, 0.3) is 5.65 Å². The summed E-state index contributed by atoms with van der Waals surface area (Å²) in [5, 5.41) is 37.0. The number of thioether (sulfide) groups is 1. The molecule has 4 heterocycles. The summed E-state index contributed by atoms with van der Waals surface area (Å²) in [7, 11) is 0. The molecule has 14 nitrogen and oxygen atoms in total. The standard InChI is InChI=1S/C24H22N6O8S/c1-24(2)17(23(37)38)29-21(36)16(22(29)39-24)27-19(34)15(10-3-5-11(31)6-4-10)26-18(33)12-9-25-13-7-8-14(32)28-30(13)20(12)35/h3-9,15-17,22,31H,1-2H3,(H,26,33)(H,27,34)(H,28,32)(H,37,38)/t15?,16-,17+,22-/m1/s1. The summed E-state index contributed by atoms with van der Waals surface area (Å²) in [4.78, 5) is 69.3. The van der Waals surface area contributed by atoms with Crippen LogP contribution in [0.3, 0.4) is 0 Å². The second-order valence-electron chi connectivity index (χ2n) is 9.52. The van der Waals surface area contributed by atoms with Gasteiger partial charge in [-0.15, -0.1) is 16.9 Å². The molecule has 2 fully saturated rings. The number of hydrogen-bond donors (Lipinski definition) is 5. The number of nitrogens with zero attached hydrogens (tertiary/aromatic N) is 4. The first-order valence-electron chi connectivity index (χ1n) is 11.6. The maximum atomic E-state index is 13.4. The molecular formula is C24H22N6O8S. The van der Waals surface area contributed by atoms with E-state index in [0.29, 0.717) is 0 Å². The quantitative estimate of drug-likeness (QED) is 0.248. The first kappa shape index (κ1) is 26.0. The number of phenolic OH excluding ortho intramolecular Hbond substituents is 1.